The van der Waals surface area contributed by atoms with E-state index in [4.69, 9.17) is 15.2 Å². The van der Waals surface area contributed by atoms with Crippen molar-refractivity contribution in [3.05, 3.63) is 20.6 Å². The highest BCUT2D eigenvalue weighted by Gasteiger charge is 2.22. The summed E-state index contributed by atoms with van der Waals surface area (Å²) in [7, 11) is 1.47. The van der Waals surface area contributed by atoms with Crippen LogP contribution in [0.2, 0.25) is 0 Å². The van der Waals surface area contributed by atoms with E-state index in [0.29, 0.717) is 20.4 Å². The molecule has 1 rings (SSSR count). The van der Waals surface area contributed by atoms with E-state index in [0.717, 1.165) is 0 Å². The Labute approximate surface area is 110 Å². The fourth-order valence-electron chi connectivity index (χ4n) is 1.22. The summed E-state index contributed by atoms with van der Waals surface area (Å²) < 4.78 is 11.3. The Balaban J connectivity index is 3.38. The lowest BCUT2D eigenvalue weighted by atomic mass is 10.1. The molecule has 0 atom stereocenters. The number of nitrogen functional groups attached to an aromatic ring is 1. The van der Waals surface area contributed by atoms with Crippen LogP contribution in [-0.2, 0) is 4.74 Å². The molecule has 6 heteroatoms. The molecule has 0 fully saturated rings. The highest BCUT2D eigenvalue weighted by Crippen LogP contribution is 2.38. The third-order valence-corrected chi connectivity index (χ3v) is 3.15. The van der Waals surface area contributed by atoms with Crippen LogP contribution in [0.1, 0.15) is 17.3 Å². The predicted octanol–water partition coefficient (Wildman–Crippen LogP) is 2.98. The first-order chi connectivity index (χ1) is 7.52. The van der Waals surface area contributed by atoms with Gasteiger partial charge in [-0.1, -0.05) is 0 Å². The van der Waals surface area contributed by atoms with Gasteiger partial charge in [0.05, 0.1) is 23.9 Å². The monoisotopic (exact) mass is 351 g/mol. The van der Waals surface area contributed by atoms with Gasteiger partial charge in [-0.2, -0.15) is 0 Å². The van der Waals surface area contributed by atoms with E-state index in [-0.39, 0.29) is 12.2 Å². The van der Waals surface area contributed by atoms with Gasteiger partial charge in [-0.15, -0.1) is 0 Å². The van der Waals surface area contributed by atoms with Gasteiger partial charge in [-0.25, -0.2) is 4.79 Å². The van der Waals surface area contributed by atoms with Crippen LogP contribution >= 0.6 is 31.9 Å². The molecule has 0 unspecified atom stereocenters. The van der Waals surface area contributed by atoms with Crippen LogP contribution in [0.15, 0.2) is 15.0 Å². The molecule has 1 aromatic carbocycles. The van der Waals surface area contributed by atoms with Gasteiger partial charge in [0.1, 0.15) is 11.3 Å². The molecular weight excluding hydrogens is 342 g/mol. The Morgan fingerprint density at radius 3 is 2.56 bits per heavy atom. The molecule has 88 valence electrons. The first-order valence-electron chi connectivity index (χ1n) is 4.51. The lowest BCUT2D eigenvalue weighted by molar-refractivity contribution is 0.0524. The molecule has 0 spiro atoms. The molecule has 0 saturated carbocycles. The van der Waals surface area contributed by atoms with Crippen molar-refractivity contribution in [3.63, 3.8) is 0 Å². The summed E-state index contributed by atoms with van der Waals surface area (Å²) in [6, 6.07) is 1.72. The second-order valence-corrected chi connectivity index (χ2v) is 4.59. The Kier molecular flexibility index (Phi) is 4.61. The van der Waals surface area contributed by atoms with Gasteiger partial charge >= 0.3 is 5.97 Å². The zero-order valence-corrected chi connectivity index (χ0v) is 12.0. The van der Waals surface area contributed by atoms with Crippen LogP contribution in [0, 0.1) is 0 Å². The quantitative estimate of drug-likeness (QED) is 0.671. The lowest BCUT2D eigenvalue weighted by Crippen LogP contribution is -2.11. The molecular formula is C10H11Br2NO3. The molecule has 2 N–H and O–H groups in total. The van der Waals surface area contributed by atoms with Gasteiger partial charge < -0.3 is 15.2 Å². The molecule has 0 bridgehead atoms. The number of hydrogen-bond donors (Lipinski definition) is 1. The van der Waals surface area contributed by atoms with E-state index in [1.807, 2.05) is 0 Å². The number of methoxy groups -OCH3 is 1. The van der Waals surface area contributed by atoms with Crippen molar-refractivity contribution in [3.8, 4) is 5.75 Å². The fraction of sp³-hybridized carbons (Fsp3) is 0.300. The summed E-state index contributed by atoms with van der Waals surface area (Å²) in [6.45, 7) is 2.01. The molecule has 0 aliphatic rings. The van der Waals surface area contributed by atoms with Crippen molar-refractivity contribution in [1.82, 2.24) is 0 Å². The SMILES string of the molecule is CCOC(=O)c1c(N)c(Br)cc(Br)c1OC. The minimum atomic E-state index is -0.501. The van der Waals surface area contributed by atoms with E-state index in [9.17, 15) is 4.79 Å². The zero-order valence-electron chi connectivity index (χ0n) is 8.84. The van der Waals surface area contributed by atoms with Gasteiger partial charge in [-0.05, 0) is 44.8 Å². The van der Waals surface area contributed by atoms with E-state index in [1.54, 1.807) is 13.0 Å². The van der Waals surface area contributed by atoms with Crippen molar-refractivity contribution in [2.24, 2.45) is 0 Å². The number of rotatable bonds is 3. The van der Waals surface area contributed by atoms with Crippen molar-refractivity contribution >= 4 is 43.5 Å². The third-order valence-electron chi connectivity index (χ3n) is 1.91. The summed E-state index contributed by atoms with van der Waals surface area (Å²) in [5, 5.41) is 0. The minimum Gasteiger partial charge on any atom is -0.495 e. The van der Waals surface area contributed by atoms with Crippen LogP contribution in [0.3, 0.4) is 0 Å². The third kappa shape index (κ3) is 2.49. The van der Waals surface area contributed by atoms with Gasteiger partial charge in [0.15, 0.2) is 0 Å². The van der Waals surface area contributed by atoms with Crippen LogP contribution in [0.25, 0.3) is 0 Å². The Morgan fingerprint density at radius 1 is 1.44 bits per heavy atom. The van der Waals surface area contributed by atoms with E-state index in [2.05, 4.69) is 31.9 Å². The Morgan fingerprint density at radius 2 is 2.06 bits per heavy atom. The summed E-state index contributed by atoms with van der Waals surface area (Å²) in [6.07, 6.45) is 0. The average Bonchev–Trinajstić information content (AvgIpc) is 2.23. The molecule has 0 aliphatic heterocycles. The summed E-state index contributed by atoms with van der Waals surface area (Å²) in [5.41, 5.74) is 6.34. The van der Waals surface area contributed by atoms with Crippen molar-refractivity contribution in [2.75, 3.05) is 19.5 Å². The minimum absolute atomic E-state index is 0.227. The standard InChI is InChI=1S/C10H11Br2NO3/c1-3-16-10(14)7-8(13)5(11)4-6(12)9(7)15-2/h4H,3,13H2,1-2H3. The van der Waals surface area contributed by atoms with E-state index >= 15 is 0 Å². The molecule has 0 aliphatic carbocycles. The number of carbonyl (C=O) groups is 1. The molecule has 16 heavy (non-hydrogen) atoms. The number of anilines is 1. The van der Waals surface area contributed by atoms with Gasteiger partial charge in [0.2, 0.25) is 0 Å². The number of hydrogen-bond acceptors (Lipinski definition) is 4. The van der Waals surface area contributed by atoms with Crippen molar-refractivity contribution in [1.29, 1.82) is 0 Å². The van der Waals surface area contributed by atoms with Gasteiger partial charge in [0, 0.05) is 4.47 Å². The summed E-state index contributed by atoms with van der Waals surface area (Å²) in [4.78, 5) is 11.7. The van der Waals surface area contributed by atoms with Crippen molar-refractivity contribution < 1.29 is 14.3 Å². The summed E-state index contributed by atoms with van der Waals surface area (Å²) in [5.74, 6) is -0.127. The average molecular weight is 353 g/mol. The molecule has 1 aromatic rings. The topological polar surface area (TPSA) is 61.5 Å². The maximum absolute atomic E-state index is 11.7. The van der Waals surface area contributed by atoms with E-state index in [1.165, 1.54) is 7.11 Å². The largest absolute Gasteiger partial charge is 0.495 e. The number of esters is 1. The molecule has 0 heterocycles. The fourth-order valence-corrected chi connectivity index (χ4v) is 2.54. The van der Waals surface area contributed by atoms with Crippen LogP contribution in [0.4, 0.5) is 5.69 Å². The molecule has 0 radical (unpaired) electrons. The highest BCUT2D eigenvalue weighted by molar-refractivity contribution is 9.11. The first-order valence-corrected chi connectivity index (χ1v) is 6.10. The maximum atomic E-state index is 11.7. The maximum Gasteiger partial charge on any atom is 0.344 e. The number of ether oxygens (including phenoxy) is 2. The smallest absolute Gasteiger partial charge is 0.344 e. The molecule has 0 aromatic heterocycles. The lowest BCUT2D eigenvalue weighted by Gasteiger charge is -2.13. The zero-order chi connectivity index (χ0) is 12.3. The molecule has 4 nitrogen and oxygen atoms in total. The number of benzene rings is 1. The van der Waals surface area contributed by atoms with Crippen molar-refractivity contribution in [2.45, 2.75) is 6.92 Å². The second kappa shape index (κ2) is 5.54. The van der Waals surface area contributed by atoms with E-state index < -0.39 is 5.97 Å². The Hall–Kier alpha value is -0.750. The van der Waals surface area contributed by atoms with Crippen LogP contribution in [-0.4, -0.2) is 19.7 Å². The molecule has 0 amide bonds. The predicted molar refractivity (Wildman–Crippen MR) is 68.8 cm³/mol. The van der Waals surface area contributed by atoms with Gasteiger partial charge in [-0.3, -0.25) is 0 Å². The first kappa shape index (κ1) is 13.3. The Bertz CT molecular complexity index is 421. The van der Waals surface area contributed by atoms with Crippen LogP contribution < -0.4 is 10.5 Å². The normalized spacial score (nSPS) is 10.0. The van der Waals surface area contributed by atoms with Gasteiger partial charge in [0.25, 0.3) is 0 Å². The number of carbonyl (C=O) groups excluding carboxylic acids is 1. The number of halogens is 2. The molecule has 0 saturated heterocycles. The van der Waals surface area contributed by atoms with Crippen LogP contribution in [0.5, 0.6) is 5.75 Å². The number of nitrogens with two attached hydrogens (primary N) is 1. The second-order valence-electron chi connectivity index (χ2n) is 2.88. The summed E-state index contributed by atoms with van der Waals surface area (Å²) >= 11 is 6.55. The highest BCUT2D eigenvalue weighted by atomic mass is 79.9.